The molecule has 0 saturated heterocycles. The number of aromatic nitrogens is 1. The van der Waals surface area contributed by atoms with Crippen molar-refractivity contribution in [1.29, 1.82) is 0 Å². The van der Waals surface area contributed by atoms with Crippen molar-refractivity contribution < 1.29 is 8.83 Å². The van der Waals surface area contributed by atoms with E-state index in [9.17, 15) is 0 Å². The molecule has 1 unspecified atom stereocenters. The summed E-state index contributed by atoms with van der Waals surface area (Å²) in [6.07, 6.45) is 3.12. The normalized spacial score (nSPS) is 15.6. The number of rotatable bonds is 3. The number of nitrogens with zero attached hydrogens (tertiary/aromatic N) is 3. The lowest BCUT2D eigenvalue weighted by Crippen LogP contribution is -2.36. The Kier molecular flexibility index (Phi) is 4.48. The van der Waals surface area contributed by atoms with Gasteiger partial charge < -0.3 is 14.2 Å². The van der Waals surface area contributed by atoms with Crippen LogP contribution in [0.5, 0.6) is 0 Å². The number of pyridine rings is 1. The average molecular weight is 493 g/mol. The molecule has 1 atom stereocenters. The minimum atomic E-state index is -0.465. The minimum Gasteiger partial charge on any atom is -0.456 e. The molecule has 0 aliphatic carbocycles. The molecule has 0 saturated carbocycles. The monoisotopic (exact) mass is 492 g/mol. The van der Waals surface area contributed by atoms with Crippen LogP contribution in [0.4, 0.5) is 0 Å². The van der Waals surface area contributed by atoms with Crippen molar-refractivity contribution in [2.45, 2.75) is 6.17 Å². The van der Waals surface area contributed by atoms with Crippen molar-refractivity contribution >= 4 is 55.5 Å². The molecule has 0 radical (unpaired) electrons. The van der Waals surface area contributed by atoms with Crippen LogP contribution in [0.3, 0.4) is 0 Å². The van der Waals surface area contributed by atoms with Gasteiger partial charge in [0.2, 0.25) is 0 Å². The van der Waals surface area contributed by atoms with Gasteiger partial charge in [-0.3, -0.25) is 4.98 Å². The third-order valence-corrected chi connectivity index (χ3v) is 7.03. The summed E-state index contributed by atoms with van der Waals surface area (Å²) >= 11 is 0. The molecule has 38 heavy (non-hydrogen) atoms. The van der Waals surface area contributed by atoms with Crippen LogP contribution in [-0.2, 0) is 0 Å². The lowest BCUT2D eigenvalue weighted by Gasteiger charge is -2.22. The smallest absolute Gasteiger partial charge is 0.169 e. The Morgan fingerprint density at radius 3 is 2.13 bits per heavy atom. The van der Waals surface area contributed by atoms with Crippen molar-refractivity contribution in [1.82, 2.24) is 10.3 Å². The number of nitrogens with one attached hydrogen (secondary N) is 1. The van der Waals surface area contributed by atoms with Crippen molar-refractivity contribution in [3.63, 3.8) is 0 Å². The van der Waals surface area contributed by atoms with Crippen LogP contribution in [0.25, 0.3) is 43.9 Å². The van der Waals surface area contributed by atoms with Gasteiger partial charge in [0, 0.05) is 44.4 Å². The zero-order valence-corrected chi connectivity index (χ0v) is 20.1. The maximum Gasteiger partial charge on any atom is 0.169 e. The summed E-state index contributed by atoms with van der Waals surface area (Å²) in [7, 11) is 0. The SMILES string of the molecule is c1ccc(C2=NC(c3ccc4c(c3)oc3ccccc34)N=C(c3cncc4oc5ccccc5c34)N2)cc1. The first kappa shape index (κ1) is 20.9. The molecule has 4 aromatic carbocycles. The molecule has 1 aliphatic heterocycles. The summed E-state index contributed by atoms with van der Waals surface area (Å²) in [4.78, 5) is 14.6. The number of furan rings is 2. The van der Waals surface area contributed by atoms with Crippen LogP contribution in [0.1, 0.15) is 22.9 Å². The fourth-order valence-electron chi connectivity index (χ4n) is 5.24. The summed E-state index contributed by atoms with van der Waals surface area (Å²) in [5, 5.41) is 7.66. The first-order valence-electron chi connectivity index (χ1n) is 12.5. The molecular weight excluding hydrogens is 472 g/mol. The highest BCUT2D eigenvalue weighted by molar-refractivity contribution is 6.23. The number of fused-ring (bicyclic) bond motifs is 6. The Morgan fingerprint density at radius 2 is 1.26 bits per heavy atom. The zero-order chi connectivity index (χ0) is 25.1. The third-order valence-electron chi connectivity index (χ3n) is 7.03. The predicted octanol–water partition coefficient (Wildman–Crippen LogP) is 7.38. The van der Waals surface area contributed by atoms with Gasteiger partial charge in [0.1, 0.15) is 28.4 Å². The first-order valence-corrected chi connectivity index (χ1v) is 12.5. The van der Waals surface area contributed by atoms with E-state index in [-0.39, 0.29) is 0 Å². The maximum atomic E-state index is 6.17. The second kappa shape index (κ2) is 8.15. The van der Waals surface area contributed by atoms with Gasteiger partial charge in [-0.15, -0.1) is 0 Å². The van der Waals surface area contributed by atoms with Crippen LogP contribution >= 0.6 is 0 Å². The fourth-order valence-corrected chi connectivity index (χ4v) is 5.24. The van der Waals surface area contributed by atoms with Gasteiger partial charge in [-0.05, 0) is 18.2 Å². The summed E-state index contributed by atoms with van der Waals surface area (Å²) in [6, 6.07) is 32.4. The summed E-state index contributed by atoms with van der Waals surface area (Å²) in [5.41, 5.74) is 6.01. The quantitative estimate of drug-likeness (QED) is 0.279. The van der Waals surface area contributed by atoms with Crippen LogP contribution < -0.4 is 5.32 Å². The van der Waals surface area contributed by atoms with E-state index >= 15 is 0 Å². The van der Waals surface area contributed by atoms with Crippen LogP contribution in [0, 0.1) is 0 Å². The van der Waals surface area contributed by atoms with Crippen molar-refractivity contribution in [2.24, 2.45) is 9.98 Å². The Morgan fingerprint density at radius 1 is 0.579 bits per heavy atom. The summed E-state index contributed by atoms with van der Waals surface area (Å²) in [6.45, 7) is 0. The molecule has 4 heterocycles. The van der Waals surface area contributed by atoms with Crippen molar-refractivity contribution in [2.75, 3.05) is 0 Å². The highest BCUT2D eigenvalue weighted by Gasteiger charge is 2.24. The predicted molar refractivity (Wildman–Crippen MR) is 151 cm³/mol. The molecule has 180 valence electrons. The van der Waals surface area contributed by atoms with Gasteiger partial charge in [-0.2, -0.15) is 0 Å². The van der Waals surface area contributed by atoms with E-state index in [1.807, 2.05) is 79.0 Å². The van der Waals surface area contributed by atoms with Crippen molar-refractivity contribution in [3.05, 3.63) is 126 Å². The van der Waals surface area contributed by atoms with E-state index in [0.29, 0.717) is 5.84 Å². The van der Waals surface area contributed by atoms with E-state index in [2.05, 4.69) is 34.6 Å². The van der Waals surface area contributed by atoms with Gasteiger partial charge in [0.15, 0.2) is 11.7 Å². The molecule has 7 aromatic rings. The van der Waals surface area contributed by atoms with Gasteiger partial charge in [-0.25, -0.2) is 9.98 Å². The lowest BCUT2D eigenvalue weighted by molar-refractivity contribution is 0.665. The summed E-state index contributed by atoms with van der Waals surface area (Å²) in [5.74, 6) is 1.44. The highest BCUT2D eigenvalue weighted by Crippen LogP contribution is 2.34. The molecular formula is C32H20N4O2. The minimum absolute atomic E-state index is 0.465. The Hall–Kier alpha value is -5.23. The maximum absolute atomic E-state index is 6.17. The largest absolute Gasteiger partial charge is 0.456 e. The van der Waals surface area contributed by atoms with Gasteiger partial charge >= 0.3 is 0 Å². The highest BCUT2D eigenvalue weighted by atomic mass is 16.3. The fraction of sp³-hybridized carbons (Fsp3) is 0.0312. The van der Waals surface area contributed by atoms with E-state index in [1.165, 1.54) is 0 Å². The second-order valence-electron chi connectivity index (χ2n) is 9.33. The van der Waals surface area contributed by atoms with Gasteiger partial charge in [0.25, 0.3) is 0 Å². The van der Waals surface area contributed by atoms with Crippen LogP contribution in [0.2, 0.25) is 0 Å². The number of para-hydroxylation sites is 2. The van der Waals surface area contributed by atoms with E-state index in [0.717, 1.165) is 66.4 Å². The zero-order valence-electron chi connectivity index (χ0n) is 20.1. The molecule has 0 amide bonds. The van der Waals surface area contributed by atoms with E-state index in [1.54, 1.807) is 6.20 Å². The summed E-state index contributed by atoms with van der Waals surface area (Å²) < 4.78 is 12.3. The standard InChI is InChI=1S/C32H20N4O2/c1-2-8-19(9-3-1)30-34-31(20-14-15-22-21-10-4-6-12-25(21)37-27(22)16-20)36-32(35-30)24-17-33-18-28-29(24)23-11-5-7-13-26(23)38-28/h1-18,31H,(H,34,35,36). The van der Waals surface area contributed by atoms with Crippen LogP contribution in [0.15, 0.2) is 128 Å². The molecule has 6 nitrogen and oxygen atoms in total. The Balaban J connectivity index is 1.32. The van der Waals surface area contributed by atoms with Gasteiger partial charge in [-0.1, -0.05) is 78.9 Å². The number of benzene rings is 4. The molecule has 0 fully saturated rings. The second-order valence-corrected chi connectivity index (χ2v) is 9.33. The molecule has 0 spiro atoms. The Labute approximate surface area is 217 Å². The average Bonchev–Trinajstić information content (AvgIpc) is 3.55. The van der Waals surface area contributed by atoms with Crippen LogP contribution in [-0.4, -0.2) is 16.7 Å². The topological polar surface area (TPSA) is 75.9 Å². The van der Waals surface area contributed by atoms with Crippen molar-refractivity contribution in [3.8, 4) is 0 Å². The lowest BCUT2D eigenvalue weighted by atomic mass is 10.1. The number of hydrogen-bond acceptors (Lipinski definition) is 6. The first-order chi connectivity index (χ1) is 18.8. The molecule has 3 aromatic heterocycles. The third kappa shape index (κ3) is 3.24. The number of aliphatic imine (C=N–C) groups is 2. The van der Waals surface area contributed by atoms with E-state index < -0.39 is 6.17 Å². The van der Waals surface area contributed by atoms with Gasteiger partial charge in [0.05, 0.1) is 6.20 Å². The molecule has 0 bridgehead atoms. The molecule has 8 rings (SSSR count). The number of amidine groups is 2. The molecule has 1 N–H and O–H groups in total. The Bertz CT molecular complexity index is 2070. The van der Waals surface area contributed by atoms with E-state index in [4.69, 9.17) is 18.8 Å². The molecule has 6 heteroatoms. The molecule has 1 aliphatic rings. The number of hydrogen-bond donors (Lipinski definition) is 1.